The normalized spacial score (nSPS) is 18.4. The van der Waals surface area contributed by atoms with Crippen molar-refractivity contribution in [1.82, 2.24) is 14.5 Å². The molecule has 172 valence electrons. The maximum Gasteiger partial charge on any atom is 0.259 e. The number of hydrogen-bond donors (Lipinski definition) is 2. The number of benzene rings is 2. The van der Waals surface area contributed by atoms with Crippen molar-refractivity contribution in [3.63, 3.8) is 0 Å². The van der Waals surface area contributed by atoms with Gasteiger partial charge in [-0.2, -0.15) is 0 Å². The van der Waals surface area contributed by atoms with Crippen LogP contribution >= 0.6 is 0 Å². The monoisotopic (exact) mass is 453 g/mol. The van der Waals surface area contributed by atoms with Gasteiger partial charge in [-0.1, -0.05) is 36.4 Å². The smallest absolute Gasteiger partial charge is 0.259 e. The molecule has 0 spiro atoms. The van der Waals surface area contributed by atoms with Gasteiger partial charge in [0.1, 0.15) is 0 Å². The van der Waals surface area contributed by atoms with Crippen molar-refractivity contribution in [3.8, 4) is 0 Å². The van der Waals surface area contributed by atoms with Crippen LogP contribution in [0.25, 0.3) is 33.0 Å². The van der Waals surface area contributed by atoms with E-state index in [1.54, 1.807) is 0 Å². The summed E-state index contributed by atoms with van der Waals surface area (Å²) in [4.78, 5) is 28.1. The van der Waals surface area contributed by atoms with Crippen molar-refractivity contribution in [2.45, 2.75) is 19.4 Å². The third-order valence-corrected chi connectivity index (χ3v) is 7.37. The van der Waals surface area contributed by atoms with Crippen molar-refractivity contribution in [1.29, 1.82) is 0 Å². The number of aromatic nitrogens is 2. The van der Waals surface area contributed by atoms with E-state index in [0.29, 0.717) is 17.1 Å². The molecule has 2 aliphatic heterocycles. The summed E-state index contributed by atoms with van der Waals surface area (Å²) in [5, 5.41) is 4.65. The first-order chi connectivity index (χ1) is 16.4. The van der Waals surface area contributed by atoms with Gasteiger partial charge in [-0.15, -0.1) is 0 Å². The van der Waals surface area contributed by atoms with Crippen LogP contribution in [0.15, 0.2) is 54.7 Å². The van der Waals surface area contributed by atoms with E-state index >= 15 is 0 Å². The fourth-order valence-corrected chi connectivity index (χ4v) is 6.03. The fraction of sp³-hybridized carbons (Fsp3) is 0.286. The fourth-order valence-electron chi connectivity index (χ4n) is 6.03. The van der Waals surface area contributed by atoms with Crippen LogP contribution in [-0.2, 0) is 29.6 Å². The lowest BCUT2D eigenvalue weighted by atomic mass is 9.89. The highest BCUT2D eigenvalue weighted by atomic mass is 16.2. The number of imide groups is 1. The molecule has 4 aromatic rings. The maximum atomic E-state index is 13.4. The van der Waals surface area contributed by atoms with E-state index in [1.165, 1.54) is 10.6 Å². The van der Waals surface area contributed by atoms with Gasteiger partial charge in [0.15, 0.2) is 0 Å². The van der Waals surface area contributed by atoms with Crippen LogP contribution in [0.3, 0.4) is 0 Å². The molecular weight excluding hydrogens is 424 g/mol. The van der Waals surface area contributed by atoms with Gasteiger partial charge < -0.3 is 14.0 Å². The molecule has 34 heavy (non-hydrogen) atoms. The molecule has 2 aromatic carbocycles. The molecule has 0 saturated heterocycles. The molecule has 0 radical (unpaired) electrons. The Morgan fingerprint density at radius 3 is 2.38 bits per heavy atom. The molecule has 0 unspecified atom stereocenters. The van der Waals surface area contributed by atoms with E-state index in [-0.39, 0.29) is 11.8 Å². The lowest BCUT2D eigenvalue weighted by Crippen LogP contribution is -3.06. The predicted octanol–water partition coefficient (Wildman–Crippen LogP) is 2.41. The number of fused-ring (bicyclic) bond motifs is 4. The highest BCUT2D eigenvalue weighted by Gasteiger charge is 2.38. The van der Waals surface area contributed by atoms with Gasteiger partial charge in [0.25, 0.3) is 11.8 Å². The molecule has 0 saturated carbocycles. The largest absolute Gasteiger partial charge is 0.350 e. The number of carbonyl (C=O) groups is 2. The Balaban J connectivity index is 1.65. The topological polar surface area (TPSA) is 60.5 Å². The van der Waals surface area contributed by atoms with Crippen molar-refractivity contribution in [2.24, 2.45) is 13.0 Å². The number of aryl methyl sites for hydroxylation is 2. The summed E-state index contributed by atoms with van der Waals surface area (Å²) >= 11 is 0. The minimum Gasteiger partial charge on any atom is -0.350 e. The molecule has 6 heteroatoms. The Bertz CT molecular complexity index is 1520. The number of hydrogen-bond acceptors (Lipinski definition) is 2. The van der Waals surface area contributed by atoms with Gasteiger partial charge in [-0.25, -0.2) is 0 Å². The van der Waals surface area contributed by atoms with Crippen molar-refractivity contribution in [3.05, 3.63) is 71.5 Å². The molecule has 0 aliphatic carbocycles. The number of para-hydroxylation sites is 2. The van der Waals surface area contributed by atoms with E-state index in [1.807, 2.05) is 48.1 Å². The summed E-state index contributed by atoms with van der Waals surface area (Å²) in [5.41, 5.74) is 6.10. The van der Waals surface area contributed by atoms with E-state index in [4.69, 9.17) is 0 Å². The second kappa shape index (κ2) is 7.71. The Morgan fingerprint density at radius 1 is 0.941 bits per heavy atom. The highest BCUT2D eigenvalue weighted by Crippen LogP contribution is 2.42. The standard InChI is InChI=1S/C28H28N4O2/c1-30(2)15-17-12-13-32-22-11-7-5-9-19(22)24(23(32)14-17)26-25(27(33)29-28(26)34)20-16-31(3)21-10-6-4-8-18(20)21/h4-11,16-17H,12-15H2,1-3H3,(H,29,33,34)/p+1/t17-/m0/s1. The summed E-state index contributed by atoms with van der Waals surface area (Å²) in [7, 11) is 6.36. The highest BCUT2D eigenvalue weighted by molar-refractivity contribution is 6.51. The van der Waals surface area contributed by atoms with Crippen molar-refractivity contribution < 1.29 is 14.5 Å². The Hall–Kier alpha value is -3.64. The zero-order valence-corrected chi connectivity index (χ0v) is 19.8. The molecular formula is C28H29N4O2+. The lowest BCUT2D eigenvalue weighted by molar-refractivity contribution is -0.862. The zero-order valence-electron chi connectivity index (χ0n) is 19.8. The van der Waals surface area contributed by atoms with Gasteiger partial charge in [-0.3, -0.25) is 14.9 Å². The minimum absolute atomic E-state index is 0.299. The Kier molecular flexibility index (Phi) is 4.74. The van der Waals surface area contributed by atoms with Crippen molar-refractivity contribution >= 4 is 44.8 Å². The first-order valence-corrected chi connectivity index (χ1v) is 12.0. The van der Waals surface area contributed by atoms with Gasteiger partial charge >= 0.3 is 0 Å². The summed E-state index contributed by atoms with van der Waals surface area (Å²) in [6.45, 7) is 2.02. The van der Waals surface area contributed by atoms with Crippen LogP contribution < -0.4 is 10.2 Å². The second-order valence-corrected chi connectivity index (χ2v) is 9.96. The predicted molar refractivity (Wildman–Crippen MR) is 134 cm³/mol. The molecule has 4 heterocycles. The zero-order chi connectivity index (χ0) is 23.6. The second-order valence-electron chi connectivity index (χ2n) is 9.96. The summed E-state index contributed by atoms with van der Waals surface area (Å²) in [6.07, 6.45) is 4.00. The van der Waals surface area contributed by atoms with Crippen molar-refractivity contribution in [2.75, 3.05) is 20.6 Å². The molecule has 2 N–H and O–H groups in total. The summed E-state index contributed by atoms with van der Waals surface area (Å²) in [5.74, 6) is -0.0692. The quantitative estimate of drug-likeness (QED) is 0.466. The van der Waals surface area contributed by atoms with Gasteiger partial charge in [-0.05, 0) is 25.0 Å². The SMILES string of the molecule is Cn1cc(C2=C(c3c4n(c5ccccc35)CC[C@H](C[NH+](C)C)C4)C(=O)NC2=O)c2ccccc21. The van der Waals surface area contributed by atoms with Gasteiger partial charge in [0.05, 0.1) is 31.8 Å². The first kappa shape index (κ1) is 20.9. The van der Waals surface area contributed by atoms with Crippen LogP contribution in [-0.4, -0.2) is 41.6 Å². The molecule has 2 aromatic heterocycles. The third kappa shape index (κ3) is 3.06. The average Bonchev–Trinajstić information content (AvgIpc) is 3.41. The lowest BCUT2D eigenvalue weighted by Gasteiger charge is -2.26. The first-order valence-electron chi connectivity index (χ1n) is 12.0. The Labute approximate surface area is 198 Å². The molecule has 1 atom stereocenters. The van der Waals surface area contributed by atoms with E-state index < -0.39 is 0 Å². The molecule has 2 amide bonds. The number of amides is 2. The van der Waals surface area contributed by atoms with Crippen LogP contribution in [0.2, 0.25) is 0 Å². The van der Waals surface area contributed by atoms with E-state index in [9.17, 15) is 9.59 Å². The maximum absolute atomic E-state index is 13.4. The van der Waals surface area contributed by atoms with Crippen LogP contribution in [0.5, 0.6) is 0 Å². The van der Waals surface area contributed by atoms with Crippen LogP contribution in [0.4, 0.5) is 0 Å². The molecule has 0 fully saturated rings. The van der Waals surface area contributed by atoms with Crippen LogP contribution in [0, 0.1) is 5.92 Å². The third-order valence-electron chi connectivity index (χ3n) is 7.37. The Morgan fingerprint density at radius 2 is 1.62 bits per heavy atom. The average molecular weight is 454 g/mol. The van der Waals surface area contributed by atoms with Crippen LogP contribution in [0.1, 0.15) is 23.2 Å². The summed E-state index contributed by atoms with van der Waals surface area (Å²) in [6, 6.07) is 16.3. The van der Waals surface area contributed by atoms with Gasteiger partial charge in [0.2, 0.25) is 0 Å². The number of carbonyl (C=O) groups excluding carboxylic acids is 2. The van der Waals surface area contributed by atoms with E-state index in [2.05, 4.69) is 42.2 Å². The number of quaternary nitrogens is 1. The molecule has 0 bridgehead atoms. The molecule has 2 aliphatic rings. The van der Waals surface area contributed by atoms with E-state index in [0.717, 1.165) is 58.9 Å². The number of rotatable bonds is 4. The molecule has 6 nitrogen and oxygen atoms in total. The minimum atomic E-state index is -0.314. The van der Waals surface area contributed by atoms with Gasteiger partial charge in [0, 0.05) is 64.3 Å². The number of nitrogens with one attached hydrogen (secondary N) is 2. The number of nitrogens with zero attached hydrogens (tertiary/aromatic N) is 2. The summed E-state index contributed by atoms with van der Waals surface area (Å²) < 4.78 is 4.39. The molecule has 6 rings (SSSR count).